The minimum Gasteiger partial charge on any atom is -0.491 e. The third kappa shape index (κ3) is 5.70. The lowest BCUT2D eigenvalue weighted by molar-refractivity contribution is 0.330. The number of hydrogen-bond donors (Lipinski definition) is 1. The highest BCUT2D eigenvalue weighted by Crippen LogP contribution is 2.23. The summed E-state index contributed by atoms with van der Waals surface area (Å²) < 4.78 is 6.82. The van der Waals surface area contributed by atoms with E-state index in [9.17, 15) is 0 Å². The normalized spacial score (nSPS) is 11.0. The van der Waals surface area contributed by atoms with Gasteiger partial charge in [-0.15, -0.1) is 0 Å². The molecule has 0 spiro atoms. The zero-order chi connectivity index (χ0) is 18.2. The van der Waals surface area contributed by atoms with E-state index in [1.165, 1.54) is 24.0 Å². The van der Waals surface area contributed by atoms with Gasteiger partial charge >= 0.3 is 0 Å². The van der Waals surface area contributed by atoms with E-state index in [2.05, 4.69) is 70.2 Å². The van der Waals surface area contributed by atoms with Gasteiger partial charge in [0.2, 0.25) is 0 Å². The summed E-state index contributed by atoms with van der Waals surface area (Å²) in [6.45, 7) is 9.86. The van der Waals surface area contributed by atoms with Gasteiger partial charge in [0.05, 0.1) is 16.7 Å². The van der Waals surface area contributed by atoms with Crippen molar-refractivity contribution in [2.24, 2.45) is 5.92 Å². The summed E-state index contributed by atoms with van der Waals surface area (Å²) in [5.41, 5.74) is 3.52. The summed E-state index contributed by atoms with van der Waals surface area (Å²) >= 11 is 3.50. The van der Waals surface area contributed by atoms with Crippen molar-refractivity contribution in [1.82, 2.24) is 9.97 Å². The van der Waals surface area contributed by atoms with Gasteiger partial charge in [0.25, 0.3) is 0 Å². The Bertz CT molecular complexity index is 687. The fourth-order valence-electron chi connectivity index (χ4n) is 2.82. The molecule has 0 saturated heterocycles. The standard InChI is InChI=1S/C20H28BrN3O/c1-5-16(6-2)12-17-7-8-18(14(3)11-17)25-10-9-22-20-19(21)15(4)23-13-24-20/h7-8,11,13,16H,5-6,9-10,12H2,1-4H3,(H,22,23,24). The number of nitrogens with one attached hydrogen (secondary N) is 1. The predicted molar refractivity (Wildman–Crippen MR) is 107 cm³/mol. The number of aromatic nitrogens is 2. The number of anilines is 1. The summed E-state index contributed by atoms with van der Waals surface area (Å²) in [5.74, 6) is 2.52. The van der Waals surface area contributed by atoms with Gasteiger partial charge < -0.3 is 10.1 Å². The second-order valence-corrected chi connectivity index (χ2v) is 7.18. The van der Waals surface area contributed by atoms with E-state index >= 15 is 0 Å². The van der Waals surface area contributed by atoms with Crippen molar-refractivity contribution in [2.75, 3.05) is 18.5 Å². The van der Waals surface area contributed by atoms with Gasteiger partial charge in [-0.05, 0) is 59.3 Å². The number of aryl methyl sites for hydroxylation is 2. The molecule has 2 aromatic rings. The Morgan fingerprint density at radius 2 is 1.92 bits per heavy atom. The van der Waals surface area contributed by atoms with Crippen molar-refractivity contribution in [3.05, 3.63) is 45.8 Å². The average molecular weight is 406 g/mol. The minimum atomic E-state index is 0.586. The quantitative estimate of drug-likeness (QED) is 0.572. The molecular formula is C20H28BrN3O. The predicted octanol–water partition coefficient (Wildman–Crippen LogP) is 5.33. The van der Waals surface area contributed by atoms with E-state index in [-0.39, 0.29) is 0 Å². The van der Waals surface area contributed by atoms with Gasteiger partial charge in [0.1, 0.15) is 24.5 Å². The van der Waals surface area contributed by atoms with Crippen LogP contribution in [-0.4, -0.2) is 23.1 Å². The lowest BCUT2D eigenvalue weighted by Crippen LogP contribution is -2.13. The van der Waals surface area contributed by atoms with Gasteiger partial charge in [-0.1, -0.05) is 38.8 Å². The van der Waals surface area contributed by atoms with Gasteiger partial charge in [-0.3, -0.25) is 0 Å². The van der Waals surface area contributed by atoms with Crippen LogP contribution in [0.15, 0.2) is 29.0 Å². The van der Waals surface area contributed by atoms with E-state index in [4.69, 9.17) is 4.74 Å². The molecule has 0 aliphatic heterocycles. The maximum atomic E-state index is 5.92. The summed E-state index contributed by atoms with van der Waals surface area (Å²) in [6, 6.07) is 6.54. The van der Waals surface area contributed by atoms with Crippen molar-refractivity contribution in [2.45, 2.75) is 47.0 Å². The fraction of sp³-hybridized carbons (Fsp3) is 0.500. The Morgan fingerprint density at radius 1 is 1.16 bits per heavy atom. The van der Waals surface area contributed by atoms with Crippen molar-refractivity contribution in [1.29, 1.82) is 0 Å². The molecule has 0 radical (unpaired) electrons. The highest BCUT2D eigenvalue weighted by molar-refractivity contribution is 9.10. The SMILES string of the molecule is CCC(CC)Cc1ccc(OCCNc2ncnc(C)c2Br)c(C)c1. The maximum absolute atomic E-state index is 5.92. The molecule has 0 amide bonds. The second kappa shape index (κ2) is 9.76. The molecule has 1 heterocycles. The number of nitrogens with zero attached hydrogens (tertiary/aromatic N) is 2. The Balaban J connectivity index is 1.85. The third-order valence-corrected chi connectivity index (χ3v) is 5.48. The topological polar surface area (TPSA) is 47.0 Å². The maximum Gasteiger partial charge on any atom is 0.144 e. The van der Waals surface area contributed by atoms with Crippen LogP contribution in [0.3, 0.4) is 0 Å². The molecule has 136 valence electrons. The molecular weight excluding hydrogens is 378 g/mol. The Morgan fingerprint density at radius 3 is 2.60 bits per heavy atom. The van der Waals surface area contributed by atoms with Gasteiger partial charge in [0.15, 0.2) is 0 Å². The van der Waals surface area contributed by atoms with Crippen LogP contribution in [0.2, 0.25) is 0 Å². The molecule has 0 saturated carbocycles. The highest BCUT2D eigenvalue weighted by Gasteiger charge is 2.08. The molecule has 25 heavy (non-hydrogen) atoms. The van der Waals surface area contributed by atoms with Crippen LogP contribution in [0, 0.1) is 19.8 Å². The van der Waals surface area contributed by atoms with Gasteiger partial charge in [-0.2, -0.15) is 0 Å². The zero-order valence-corrected chi connectivity index (χ0v) is 17.2. The van der Waals surface area contributed by atoms with Crippen LogP contribution in [0.25, 0.3) is 0 Å². The summed E-state index contributed by atoms with van der Waals surface area (Å²) in [5, 5.41) is 3.27. The Labute approximate surface area is 159 Å². The van der Waals surface area contributed by atoms with Crippen molar-refractivity contribution < 1.29 is 4.74 Å². The fourth-order valence-corrected chi connectivity index (χ4v) is 3.17. The molecule has 0 aliphatic rings. The van der Waals surface area contributed by atoms with E-state index in [0.717, 1.165) is 34.1 Å². The molecule has 2 rings (SSSR count). The second-order valence-electron chi connectivity index (χ2n) is 6.38. The number of benzene rings is 1. The molecule has 5 heteroatoms. The smallest absolute Gasteiger partial charge is 0.144 e. The van der Waals surface area contributed by atoms with Crippen molar-refractivity contribution in [3.63, 3.8) is 0 Å². The first-order valence-electron chi connectivity index (χ1n) is 8.98. The van der Waals surface area contributed by atoms with Crippen molar-refractivity contribution >= 4 is 21.7 Å². The molecule has 0 aliphatic carbocycles. The Kier molecular flexibility index (Phi) is 7.69. The summed E-state index contributed by atoms with van der Waals surface area (Å²) in [4.78, 5) is 8.37. The molecule has 0 atom stereocenters. The molecule has 1 aromatic carbocycles. The molecule has 1 aromatic heterocycles. The van der Waals surface area contributed by atoms with E-state index < -0.39 is 0 Å². The first-order valence-corrected chi connectivity index (χ1v) is 9.77. The number of ether oxygens (including phenoxy) is 1. The molecule has 4 nitrogen and oxygen atoms in total. The third-order valence-electron chi connectivity index (χ3n) is 4.53. The Hall–Kier alpha value is -1.62. The van der Waals surface area contributed by atoms with E-state index in [1.54, 1.807) is 6.33 Å². The zero-order valence-electron chi connectivity index (χ0n) is 15.6. The van der Waals surface area contributed by atoms with Crippen LogP contribution in [0.4, 0.5) is 5.82 Å². The van der Waals surface area contributed by atoms with E-state index in [1.807, 2.05) is 6.92 Å². The van der Waals surface area contributed by atoms with E-state index in [0.29, 0.717) is 13.2 Å². The van der Waals surface area contributed by atoms with Gasteiger partial charge in [-0.25, -0.2) is 9.97 Å². The summed E-state index contributed by atoms with van der Waals surface area (Å²) in [6.07, 6.45) is 5.18. The first-order chi connectivity index (χ1) is 12.0. The van der Waals surface area contributed by atoms with Crippen LogP contribution in [0.1, 0.15) is 43.5 Å². The molecule has 0 fully saturated rings. The molecule has 0 unspecified atom stereocenters. The minimum absolute atomic E-state index is 0.586. The monoisotopic (exact) mass is 405 g/mol. The largest absolute Gasteiger partial charge is 0.491 e. The number of halogens is 1. The van der Waals surface area contributed by atoms with Crippen LogP contribution in [-0.2, 0) is 6.42 Å². The number of rotatable bonds is 9. The van der Waals surface area contributed by atoms with Crippen LogP contribution < -0.4 is 10.1 Å². The molecule has 0 bridgehead atoms. The highest BCUT2D eigenvalue weighted by atomic mass is 79.9. The lowest BCUT2D eigenvalue weighted by atomic mass is 9.94. The first kappa shape index (κ1) is 19.7. The number of hydrogen-bond acceptors (Lipinski definition) is 4. The molecule has 1 N–H and O–H groups in total. The van der Waals surface area contributed by atoms with Crippen LogP contribution >= 0.6 is 15.9 Å². The lowest BCUT2D eigenvalue weighted by Gasteiger charge is -2.15. The average Bonchev–Trinajstić information content (AvgIpc) is 2.61. The van der Waals surface area contributed by atoms with Crippen LogP contribution in [0.5, 0.6) is 5.75 Å². The van der Waals surface area contributed by atoms with Gasteiger partial charge in [0, 0.05) is 0 Å². The summed E-state index contributed by atoms with van der Waals surface area (Å²) in [7, 11) is 0. The van der Waals surface area contributed by atoms with Crippen molar-refractivity contribution in [3.8, 4) is 5.75 Å².